The Morgan fingerprint density at radius 3 is 2.92 bits per heavy atom. The number of hydrogen-bond acceptors (Lipinski definition) is 5. The first-order valence-corrected chi connectivity index (χ1v) is 7.81. The Balaban J connectivity index is 1.50. The van der Waals surface area contributed by atoms with Crippen molar-refractivity contribution in [1.29, 1.82) is 0 Å². The molecule has 8 nitrogen and oxygen atoms in total. The molecule has 0 bridgehead atoms. The first-order chi connectivity index (χ1) is 12.2. The van der Waals surface area contributed by atoms with Crippen molar-refractivity contribution in [2.75, 3.05) is 18.5 Å². The largest absolute Gasteiger partial charge is 0.472 e. The quantitative estimate of drug-likeness (QED) is 0.891. The number of rotatable bonds is 4. The zero-order valence-electron chi connectivity index (χ0n) is 13.1. The molecule has 8 heteroatoms. The monoisotopic (exact) mass is 338 g/mol. The van der Waals surface area contributed by atoms with Gasteiger partial charge < -0.3 is 14.8 Å². The lowest BCUT2D eigenvalue weighted by atomic mass is 10.2. The Morgan fingerprint density at radius 1 is 1.20 bits per heavy atom. The van der Waals surface area contributed by atoms with Gasteiger partial charge in [-0.2, -0.15) is 9.98 Å². The number of aromatic nitrogens is 1. The van der Waals surface area contributed by atoms with E-state index in [-0.39, 0.29) is 12.0 Å². The highest BCUT2D eigenvalue weighted by Crippen LogP contribution is 2.16. The molecule has 1 fully saturated rings. The summed E-state index contributed by atoms with van der Waals surface area (Å²) in [5.74, 6) is 0.0765. The maximum atomic E-state index is 12.4. The number of urea groups is 1. The maximum absolute atomic E-state index is 12.4. The van der Waals surface area contributed by atoms with Crippen molar-refractivity contribution in [2.45, 2.75) is 12.5 Å². The van der Waals surface area contributed by atoms with Crippen LogP contribution in [0.5, 0.6) is 5.88 Å². The molecule has 0 radical (unpaired) electrons. The fraction of sp³-hybridized carbons (Fsp3) is 0.235. The van der Waals surface area contributed by atoms with Crippen LogP contribution in [-0.2, 0) is 4.74 Å². The number of nitrogens with zero attached hydrogens (tertiary/aromatic N) is 3. The molecule has 2 aliphatic rings. The van der Waals surface area contributed by atoms with Crippen LogP contribution in [0.4, 0.5) is 10.5 Å². The van der Waals surface area contributed by atoms with E-state index < -0.39 is 6.03 Å². The molecule has 2 aliphatic heterocycles. The molecule has 25 heavy (non-hydrogen) atoms. The predicted octanol–water partition coefficient (Wildman–Crippen LogP) is 0.874. The Labute approximate surface area is 142 Å². The number of amides is 3. The number of carbonyl (C=O) groups excluding carboxylic acids is 2. The normalized spacial score (nSPS) is 18.2. The van der Waals surface area contributed by atoms with Crippen LogP contribution in [0.1, 0.15) is 16.8 Å². The molecule has 1 unspecified atom stereocenters. The smallest absolute Gasteiger partial charge is 0.368 e. The average molecular weight is 338 g/mol. The summed E-state index contributed by atoms with van der Waals surface area (Å²) in [6.45, 7) is 1.20. The Morgan fingerprint density at radius 2 is 2.08 bits per heavy atom. The van der Waals surface area contributed by atoms with Gasteiger partial charge in [-0.25, -0.2) is 9.78 Å². The highest BCUT2D eigenvalue weighted by atomic mass is 16.5. The van der Waals surface area contributed by atoms with Gasteiger partial charge in [0, 0.05) is 29.9 Å². The summed E-state index contributed by atoms with van der Waals surface area (Å²) in [6, 6.07) is 7.57. The van der Waals surface area contributed by atoms with Gasteiger partial charge in [-0.05, 0) is 24.3 Å². The second-order valence-corrected chi connectivity index (χ2v) is 5.65. The molecule has 3 heterocycles. The maximum Gasteiger partial charge on any atom is 0.368 e. The van der Waals surface area contributed by atoms with Gasteiger partial charge in [0.05, 0.1) is 23.9 Å². The van der Waals surface area contributed by atoms with Crippen LogP contribution in [-0.4, -0.2) is 36.2 Å². The molecule has 1 atom stereocenters. The van der Waals surface area contributed by atoms with Gasteiger partial charge in [0.15, 0.2) is 0 Å². The van der Waals surface area contributed by atoms with Gasteiger partial charge >= 0.3 is 6.03 Å². The summed E-state index contributed by atoms with van der Waals surface area (Å²) in [5.41, 5.74) is 0.947. The molecule has 2 aromatic rings. The van der Waals surface area contributed by atoms with E-state index in [1.807, 2.05) is 0 Å². The van der Waals surface area contributed by atoms with Crippen LogP contribution in [0.2, 0.25) is 0 Å². The highest BCUT2D eigenvalue weighted by molar-refractivity contribution is 6.04. The fourth-order valence-corrected chi connectivity index (χ4v) is 2.61. The first kappa shape index (κ1) is 15.4. The lowest BCUT2D eigenvalue weighted by molar-refractivity contribution is 0.102. The summed E-state index contributed by atoms with van der Waals surface area (Å²) in [7, 11) is 0. The van der Waals surface area contributed by atoms with E-state index in [2.05, 4.69) is 20.3 Å². The number of ether oxygens (including phenoxy) is 2. The van der Waals surface area contributed by atoms with Crippen molar-refractivity contribution in [3.63, 3.8) is 0 Å². The number of fused-ring (bicyclic) bond motifs is 1. The van der Waals surface area contributed by atoms with Crippen molar-refractivity contribution in [3.8, 4) is 5.88 Å². The molecular weight excluding hydrogens is 324 g/mol. The van der Waals surface area contributed by atoms with Gasteiger partial charge in [0.1, 0.15) is 6.10 Å². The average Bonchev–Trinajstić information content (AvgIpc) is 3.23. The van der Waals surface area contributed by atoms with E-state index in [4.69, 9.17) is 9.47 Å². The van der Waals surface area contributed by atoms with Crippen molar-refractivity contribution >= 4 is 17.6 Å². The zero-order valence-corrected chi connectivity index (χ0v) is 13.1. The van der Waals surface area contributed by atoms with Crippen molar-refractivity contribution in [2.24, 2.45) is 9.98 Å². The summed E-state index contributed by atoms with van der Waals surface area (Å²) in [6.07, 6.45) is 2.29. The van der Waals surface area contributed by atoms with Crippen molar-refractivity contribution < 1.29 is 19.1 Å². The standard InChI is InChI=1S/C17H14N4O4/c22-16(19-11-1-2-13-14(8-11)21-17(23)20-13)10-3-5-18-15(7-10)25-12-4-6-24-9-12/h1-3,5,7-8,12H,4,6,9H2,(H,19,22). The SMILES string of the molecule is O=C1N=c2ccc(NC(=O)c3ccnc(OC4CCOC4)c3)cc2=N1. The van der Waals surface area contributed by atoms with Crippen molar-refractivity contribution in [1.82, 2.24) is 4.98 Å². The van der Waals surface area contributed by atoms with Gasteiger partial charge in [-0.3, -0.25) is 4.79 Å². The van der Waals surface area contributed by atoms with Crippen LogP contribution < -0.4 is 20.8 Å². The lowest BCUT2D eigenvalue weighted by Crippen LogP contribution is -2.23. The number of pyridine rings is 1. The van der Waals surface area contributed by atoms with Gasteiger partial charge in [-0.1, -0.05) is 0 Å². The topological polar surface area (TPSA) is 102 Å². The minimum Gasteiger partial charge on any atom is -0.472 e. The molecule has 0 spiro atoms. The van der Waals surface area contributed by atoms with Crippen LogP contribution >= 0.6 is 0 Å². The lowest BCUT2D eigenvalue weighted by Gasteiger charge is -2.11. The second-order valence-electron chi connectivity index (χ2n) is 5.65. The van der Waals surface area contributed by atoms with Crippen LogP contribution in [0.15, 0.2) is 46.5 Å². The van der Waals surface area contributed by atoms with Crippen LogP contribution in [0.3, 0.4) is 0 Å². The molecule has 1 N–H and O–H groups in total. The van der Waals surface area contributed by atoms with Crippen molar-refractivity contribution in [3.05, 3.63) is 52.8 Å². The molecule has 4 rings (SSSR count). The van der Waals surface area contributed by atoms with Crippen LogP contribution in [0.25, 0.3) is 0 Å². The molecule has 1 saturated heterocycles. The predicted molar refractivity (Wildman–Crippen MR) is 86.2 cm³/mol. The Kier molecular flexibility index (Phi) is 3.95. The summed E-state index contributed by atoms with van der Waals surface area (Å²) >= 11 is 0. The van der Waals surface area contributed by atoms with E-state index in [1.165, 1.54) is 6.20 Å². The molecule has 126 valence electrons. The molecule has 1 aromatic heterocycles. The molecule has 0 aliphatic carbocycles. The highest BCUT2D eigenvalue weighted by Gasteiger charge is 2.18. The number of benzene rings is 1. The van der Waals surface area contributed by atoms with E-state index in [0.29, 0.717) is 41.1 Å². The van der Waals surface area contributed by atoms with E-state index in [0.717, 1.165) is 6.42 Å². The minimum absolute atomic E-state index is 0.0366. The molecule has 3 amide bonds. The Bertz CT molecular complexity index is 967. The van der Waals surface area contributed by atoms with Gasteiger partial charge in [0.2, 0.25) is 5.88 Å². The fourth-order valence-electron chi connectivity index (χ4n) is 2.61. The van der Waals surface area contributed by atoms with E-state index >= 15 is 0 Å². The summed E-state index contributed by atoms with van der Waals surface area (Å²) < 4.78 is 11.0. The number of nitrogens with one attached hydrogen (secondary N) is 1. The van der Waals surface area contributed by atoms with E-state index in [9.17, 15) is 9.59 Å². The summed E-state index contributed by atoms with van der Waals surface area (Å²) in [5, 5.41) is 3.71. The third-order valence-corrected chi connectivity index (χ3v) is 3.84. The van der Waals surface area contributed by atoms with E-state index in [1.54, 1.807) is 30.3 Å². The van der Waals surface area contributed by atoms with Gasteiger partial charge in [0.25, 0.3) is 5.91 Å². The summed E-state index contributed by atoms with van der Waals surface area (Å²) in [4.78, 5) is 35.2. The van der Waals surface area contributed by atoms with Crippen LogP contribution in [0, 0.1) is 0 Å². The minimum atomic E-state index is -0.537. The zero-order chi connectivity index (χ0) is 17.2. The van der Waals surface area contributed by atoms with Gasteiger partial charge in [-0.15, -0.1) is 0 Å². The number of carbonyl (C=O) groups is 2. The molecular formula is C17H14N4O4. The first-order valence-electron chi connectivity index (χ1n) is 7.81. The number of hydrogen-bond donors (Lipinski definition) is 1. The Hall–Kier alpha value is -3.13. The third kappa shape index (κ3) is 3.38. The number of anilines is 1. The second kappa shape index (κ2) is 6.40. The third-order valence-electron chi connectivity index (χ3n) is 3.84. The molecule has 0 saturated carbocycles. The molecule has 1 aromatic carbocycles.